The summed E-state index contributed by atoms with van der Waals surface area (Å²) < 4.78 is 0. The normalized spacial score (nSPS) is 14.8. The molecule has 204 valence electrons. The van der Waals surface area contributed by atoms with Crippen LogP contribution in [0.25, 0.3) is 0 Å². The third kappa shape index (κ3) is 11.1. The largest absolute Gasteiger partial charge is 0.480 e. The number of carbonyl (C=O) groups excluding carboxylic acids is 5. The molecule has 1 aromatic rings. The number of carboxylic acids is 1. The molecule has 5 unspecified atom stereocenters. The Hall–Kier alpha value is -4.00. The standard InChI is InChI=1S/C24H36N6O7/c1-3-13(2)20(30-21(33)15(25)12-19(27)32)23(35)28-16(9-10-18(26)31)22(34)29-17(24(36)37)11-14-7-5-4-6-8-14/h4-8,13,15-17,20H,3,9-12,25H2,1-2H3,(H2,26,31)(H2,27,32)(H,28,35)(H,29,34)(H,30,33)(H,36,37). The van der Waals surface area contributed by atoms with Gasteiger partial charge in [0.05, 0.1) is 12.5 Å². The van der Waals surface area contributed by atoms with Gasteiger partial charge in [-0.3, -0.25) is 24.0 Å². The third-order valence-corrected chi connectivity index (χ3v) is 5.76. The van der Waals surface area contributed by atoms with E-state index in [1.54, 1.807) is 44.2 Å². The van der Waals surface area contributed by atoms with E-state index in [1.165, 1.54) is 0 Å². The minimum Gasteiger partial charge on any atom is -0.480 e. The fourth-order valence-corrected chi connectivity index (χ4v) is 3.41. The van der Waals surface area contributed by atoms with Gasteiger partial charge in [-0.2, -0.15) is 0 Å². The van der Waals surface area contributed by atoms with Crippen molar-refractivity contribution in [3.05, 3.63) is 35.9 Å². The molecule has 37 heavy (non-hydrogen) atoms. The Morgan fingerprint density at radius 2 is 1.46 bits per heavy atom. The lowest BCUT2D eigenvalue weighted by Gasteiger charge is -2.28. The molecule has 0 aliphatic rings. The Labute approximate surface area is 214 Å². The summed E-state index contributed by atoms with van der Waals surface area (Å²) in [6.45, 7) is 3.46. The van der Waals surface area contributed by atoms with Crippen LogP contribution in [-0.4, -0.2) is 64.8 Å². The number of amides is 5. The van der Waals surface area contributed by atoms with Crippen molar-refractivity contribution in [3.63, 3.8) is 0 Å². The van der Waals surface area contributed by atoms with Gasteiger partial charge in [0.25, 0.3) is 0 Å². The van der Waals surface area contributed by atoms with Crippen molar-refractivity contribution >= 4 is 35.5 Å². The first-order chi connectivity index (χ1) is 17.3. The maximum atomic E-state index is 13.1. The molecule has 0 spiro atoms. The molecular formula is C24H36N6O7. The minimum atomic E-state index is -1.32. The molecular weight excluding hydrogens is 484 g/mol. The highest BCUT2D eigenvalue weighted by molar-refractivity contribution is 5.95. The Morgan fingerprint density at radius 3 is 1.97 bits per heavy atom. The minimum absolute atomic E-state index is 0.0122. The van der Waals surface area contributed by atoms with Gasteiger partial charge in [0.1, 0.15) is 18.1 Å². The second-order valence-electron chi connectivity index (χ2n) is 8.80. The topological polar surface area (TPSA) is 237 Å². The molecule has 0 heterocycles. The van der Waals surface area contributed by atoms with Gasteiger partial charge in [0.2, 0.25) is 29.5 Å². The molecule has 0 fully saturated rings. The highest BCUT2D eigenvalue weighted by atomic mass is 16.4. The molecule has 1 rings (SSSR count). The lowest BCUT2D eigenvalue weighted by atomic mass is 9.97. The third-order valence-electron chi connectivity index (χ3n) is 5.76. The molecule has 0 radical (unpaired) electrons. The summed E-state index contributed by atoms with van der Waals surface area (Å²) in [4.78, 5) is 72.8. The molecule has 0 aromatic heterocycles. The zero-order valence-electron chi connectivity index (χ0n) is 20.9. The number of carboxylic acid groups (broad SMARTS) is 1. The maximum Gasteiger partial charge on any atom is 0.326 e. The number of nitrogens with one attached hydrogen (secondary N) is 3. The van der Waals surface area contributed by atoms with Gasteiger partial charge >= 0.3 is 5.97 Å². The van der Waals surface area contributed by atoms with Crippen molar-refractivity contribution in [1.29, 1.82) is 0 Å². The van der Waals surface area contributed by atoms with Crippen LogP contribution < -0.4 is 33.2 Å². The number of carbonyl (C=O) groups is 6. The van der Waals surface area contributed by atoms with E-state index in [-0.39, 0.29) is 19.3 Å². The zero-order chi connectivity index (χ0) is 28.1. The van der Waals surface area contributed by atoms with Crippen molar-refractivity contribution < 1.29 is 33.9 Å². The first kappa shape index (κ1) is 31.0. The van der Waals surface area contributed by atoms with Crippen LogP contribution >= 0.6 is 0 Å². The van der Waals surface area contributed by atoms with Crippen LogP contribution in [0.1, 0.15) is 45.1 Å². The highest BCUT2D eigenvalue weighted by Gasteiger charge is 2.32. The van der Waals surface area contributed by atoms with Gasteiger partial charge in [0.15, 0.2) is 0 Å². The van der Waals surface area contributed by atoms with Gasteiger partial charge in [-0.1, -0.05) is 50.6 Å². The van der Waals surface area contributed by atoms with Crippen molar-refractivity contribution in [2.24, 2.45) is 23.1 Å². The van der Waals surface area contributed by atoms with Crippen LogP contribution in [0.3, 0.4) is 0 Å². The van der Waals surface area contributed by atoms with Crippen LogP contribution in [0.15, 0.2) is 30.3 Å². The number of primary amides is 2. The second kappa shape index (κ2) is 15.2. The highest BCUT2D eigenvalue weighted by Crippen LogP contribution is 2.11. The number of hydrogen-bond donors (Lipinski definition) is 7. The summed E-state index contributed by atoms with van der Waals surface area (Å²) in [7, 11) is 0. The molecule has 0 bridgehead atoms. The van der Waals surface area contributed by atoms with Crippen LogP contribution in [0.4, 0.5) is 0 Å². The van der Waals surface area contributed by atoms with Gasteiger partial charge in [-0.25, -0.2) is 4.79 Å². The van der Waals surface area contributed by atoms with E-state index in [0.29, 0.717) is 12.0 Å². The summed E-state index contributed by atoms with van der Waals surface area (Å²) in [5.74, 6) is -5.59. The first-order valence-corrected chi connectivity index (χ1v) is 11.9. The number of aliphatic carboxylic acids is 1. The zero-order valence-corrected chi connectivity index (χ0v) is 20.9. The molecule has 5 atom stereocenters. The predicted molar refractivity (Wildman–Crippen MR) is 133 cm³/mol. The van der Waals surface area contributed by atoms with E-state index in [4.69, 9.17) is 17.2 Å². The SMILES string of the molecule is CCC(C)C(NC(=O)C(N)CC(N)=O)C(=O)NC(CCC(N)=O)C(=O)NC(Cc1ccccc1)C(=O)O. The molecule has 13 nitrogen and oxygen atoms in total. The molecule has 10 N–H and O–H groups in total. The summed E-state index contributed by atoms with van der Waals surface area (Å²) in [5.41, 5.74) is 16.6. The van der Waals surface area contributed by atoms with Gasteiger partial charge in [-0.15, -0.1) is 0 Å². The molecule has 0 aliphatic heterocycles. The second-order valence-corrected chi connectivity index (χ2v) is 8.80. The van der Waals surface area contributed by atoms with Gasteiger partial charge in [-0.05, 0) is 17.9 Å². The van der Waals surface area contributed by atoms with E-state index < -0.39 is 72.0 Å². The summed E-state index contributed by atoms with van der Waals surface area (Å²) in [6.07, 6.45) is -0.449. The van der Waals surface area contributed by atoms with E-state index >= 15 is 0 Å². The molecule has 13 heteroatoms. The average molecular weight is 521 g/mol. The van der Waals surface area contributed by atoms with Crippen molar-refractivity contribution in [3.8, 4) is 0 Å². The first-order valence-electron chi connectivity index (χ1n) is 11.9. The summed E-state index contributed by atoms with van der Waals surface area (Å²) >= 11 is 0. The quantitative estimate of drug-likeness (QED) is 0.132. The van der Waals surface area contributed by atoms with E-state index in [1.807, 2.05) is 0 Å². The molecule has 0 saturated carbocycles. The molecule has 1 aromatic carbocycles. The number of rotatable bonds is 16. The van der Waals surface area contributed by atoms with E-state index in [2.05, 4.69) is 16.0 Å². The van der Waals surface area contributed by atoms with Crippen LogP contribution in [0.5, 0.6) is 0 Å². The van der Waals surface area contributed by atoms with Crippen LogP contribution in [0.2, 0.25) is 0 Å². The van der Waals surface area contributed by atoms with Crippen molar-refractivity contribution in [2.75, 3.05) is 0 Å². The Kier molecular flexibility index (Phi) is 12.7. The Morgan fingerprint density at radius 1 is 0.865 bits per heavy atom. The predicted octanol–water partition coefficient (Wildman–Crippen LogP) is -1.72. The van der Waals surface area contributed by atoms with Crippen LogP contribution in [0, 0.1) is 5.92 Å². The molecule has 0 saturated heterocycles. The summed E-state index contributed by atoms with van der Waals surface area (Å²) in [6, 6.07) is 3.59. The Bertz CT molecular complexity index is 972. The van der Waals surface area contributed by atoms with E-state index in [0.717, 1.165) is 0 Å². The van der Waals surface area contributed by atoms with E-state index in [9.17, 15) is 33.9 Å². The van der Waals surface area contributed by atoms with Crippen molar-refractivity contribution in [1.82, 2.24) is 16.0 Å². The lowest BCUT2D eigenvalue weighted by Crippen LogP contribution is -2.59. The van der Waals surface area contributed by atoms with Gasteiger partial charge in [0, 0.05) is 12.8 Å². The maximum absolute atomic E-state index is 13.1. The smallest absolute Gasteiger partial charge is 0.326 e. The van der Waals surface area contributed by atoms with Gasteiger partial charge < -0.3 is 38.3 Å². The number of nitrogens with two attached hydrogens (primary N) is 3. The number of hydrogen-bond acceptors (Lipinski definition) is 7. The molecule has 5 amide bonds. The summed E-state index contributed by atoms with van der Waals surface area (Å²) in [5, 5.41) is 17.0. The fraction of sp³-hybridized carbons (Fsp3) is 0.500. The van der Waals surface area contributed by atoms with Crippen LogP contribution in [-0.2, 0) is 35.2 Å². The number of benzene rings is 1. The lowest BCUT2D eigenvalue weighted by molar-refractivity contribution is -0.142. The van der Waals surface area contributed by atoms with Crippen molar-refractivity contribution in [2.45, 2.75) is 70.1 Å². The average Bonchev–Trinajstić information content (AvgIpc) is 2.83. The molecule has 0 aliphatic carbocycles. The Balaban J connectivity index is 3.06. The fourth-order valence-electron chi connectivity index (χ4n) is 3.41. The monoisotopic (exact) mass is 520 g/mol.